The van der Waals surface area contributed by atoms with Gasteiger partial charge in [0.25, 0.3) is 11.7 Å². The van der Waals surface area contributed by atoms with E-state index in [1.165, 1.54) is 4.90 Å². The van der Waals surface area contributed by atoms with Crippen LogP contribution in [0, 0.1) is 6.92 Å². The molecule has 1 fully saturated rings. The van der Waals surface area contributed by atoms with Crippen LogP contribution in [-0.2, 0) is 9.59 Å². The van der Waals surface area contributed by atoms with E-state index >= 15 is 0 Å². The average molecular weight is 412 g/mol. The molecule has 1 saturated heterocycles. The Balaban J connectivity index is 2.06. The lowest BCUT2D eigenvalue weighted by Crippen LogP contribution is -2.32. The Bertz CT molecular complexity index is 960. The summed E-state index contributed by atoms with van der Waals surface area (Å²) in [5.41, 5.74) is 0.452. The fraction of sp³-hybridized carbons (Fsp3) is 0.391. The van der Waals surface area contributed by atoms with Gasteiger partial charge in [0.15, 0.2) is 0 Å². The molecule has 7 nitrogen and oxygen atoms in total. The molecule has 1 amide bonds. The molecule has 1 aliphatic heterocycles. The topological polar surface area (TPSA) is 83.2 Å². The molecular weight excluding hydrogens is 384 g/mol. The maximum atomic E-state index is 12.9. The highest BCUT2D eigenvalue weighted by atomic mass is 16.5. The van der Waals surface area contributed by atoms with Crippen LogP contribution in [0.5, 0.6) is 5.75 Å². The van der Waals surface area contributed by atoms with Gasteiger partial charge in [-0.15, -0.1) is 0 Å². The number of hydrogen-bond donors (Lipinski definition) is 1. The highest BCUT2D eigenvalue weighted by Crippen LogP contribution is 2.40. The normalized spacial score (nSPS) is 18.4. The van der Waals surface area contributed by atoms with Crippen molar-refractivity contribution in [3.8, 4) is 5.75 Å². The van der Waals surface area contributed by atoms with E-state index in [2.05, 4.69) is 0 Å². The summed E-state index contributed by atoms with van der Waals surface area (Å²) in [5.74, 6) is 0.131. The molecule has 3 rings (SSSR count). The predicted molar refractivity (Wildman–Crippen MR) is 113 cm³/mol. The van der Waals surface area contributed by atoms with Crippen LogP contribution >= 0.6 is 0 Å². The van der Waals surface area contributed by atoms with Gasteiger partial charge in [-0.1, -0.05) is 12.1 Å². The lowest BCUT2D eigenvalue weighted by molar-refractivity contribution is -0.140. The summed E-state index contributed by atoms with van der Waals surface area (Å²) in [6.07, 6.45) is 0.691. The molecular formula is C23H28N2O5. The number of aliphatic hydroxyl groups excluding tert-OH is 1. The molecule has 1 aliphatic rings. The molecule has 0 saturated carbocycles. The fourth-order valence-electron chi connectivity index (χ4n) is 3.62. The number of furan rings is 1. The summed E-state index contributed by atoms with van der Waals surface area (Å²) < 4.78 is 11.3. The Labute approximate surface area is 176 Å². The van der Waals surface area contributed by atoms with Gasteiger partial charge in [0, 0.05) is 12.1 Å². The third-order valence-electron chi connectivity index (χ3n) is 4.99. The Morgan fingerprint density at radius 1 is 1.23 bits per heavy atom. The van der Waals surface area contributed by atoms with Crippen molar-refractivity contribution in [1.82, 2.24) is 9.80 Å². The second kappa shape index (κ2) is 9.17. The third kappa shape index (κ3) is 4.41. The van der Waals surface area contributed by atoms with E-state index in [0.717, 1.165) is 6.54 Å². The minimum absolute atomic E-state index is 0.0350. The van der Waals surface area contributed by atoms with Gasteiger partial charge in [-0.3, -0.25) is 9.59 Å². The number of aliphatic hydroxyl groups is 1. The van der Waals surface area contributed by atoms with Crippen LogP contribution in [0.1, 0.15) is 36.5 Å². The number of likely N-dealkylation sites (tertiary alicyclic amines) is 1. The lowest BCUT2D eigenvalue weighted by Gasteiger charge is -2.24. The van der Waals surface area contributed by atoms with Crippen LogP contribution < -0.4 is 4.74 Å². The lowest BCUT2D eigenvalue weighted by atomic mass is 9.99. The molecule has 30 heavy (non-hydrogen) atoms. The smallest absolute Gasteiger partial charge is 0.295 e. The molecule has 7 heteroatoms. The van der Waals surface area contributed by atoms with Crippen molar-refractivity contribution in [2.45, 2.75) is 26.3 Å². The molecule has 1 aromatic carbocycles. The zero-order chi connectivity index (χ0) is 21.8. The number of Topliss-reactive ketones (excluding diaryl/α,β-unsaturated/α-hetero) is 1. The minimum Gasteiger partial charge on any atom is -0.507 e. The van der Waals surface area contributed by atoms with E-state index in [4.69, 9.17) is 9.15 Å². The van der Waals surface area contributed by atoms with Crippen LogP contribution in [0.2, 0.25) is 0 Å². The van der Waals surface area contributed by atoms with Gasteiger partial charge in [-0.2, -0.15) is 0 Å². The molecule has 1 N–H and O–H groups in total. The number of ketones is 1. The van der Waals surface area contributed by atoms with E-state index in [9.17, 15) is 14.7 Å². The third-order valence-corrected chi connectivity index (χ3v) is 4.99. The minimum atomic E-state index is -0.767. The number of aryl methyl sites for hydroxylation is 1. The number of carbonyl (C=O) groups excluding carboxylic acids is 2. The molecule has 1 aromatic heterocycles. The first kappa shape index (κ1) is 21.6. The maximum absolute atomic E-state index is 12.9. The molecule has 2 heterocycles. The SMILES string of the molecule is CCOc1cccc(C(O)=C2C(=O)C(=O)N(CCCN(C)C)C2c2ccc(C)o2)c1. The van der Waals surface area contributed by atoms with Gasteiger partial charge in [-0.05, 0) is 65.2 Å². The number of nitrogens with zero attached hydrogens (tertiary/aromatic N) is 2. The van der Waals surface area contributed by atoms with Crippen LogP contribution in [-0.4, -0.2) is 60.4 Å². The van der Waals surface area contributed by atoms with Crippen molar-refractivity contribution in [2.24, 2.45) is 0 Å². The Morgan fingerprint density at radius 3 is 2.63 bits per heavy atom. The average Bonchev–Trinajstić information content (AvgIpc) is 3.24. The molecule has 0 radical (unpaired) electrons. The second-order valence-corrected chi connectivity index (χ2v) is 7.56. The molecule has 0 bridgehead atoms. The van der Waals surface area contributed by atoms with Gasteiger partial charge in [-0.25, -0.2) is 0 Å². The molecule has 0 aliphatic carbocycles. The van der Waals surface area contributed by atoms with E-state index in [1.807, 2.05) is 25.9 Å². The summed E-state index contributed by atoms with van der Waals surface area (Å²) >= 11 is 0. The molecule has 1 atom stereocenters. The summed E-state index contributed by atoms with van der Waals surface area (Å²) in [5, 5.41) is 11.0. The van der Waals surface area contributed by atoms with Crippen LogP contribution in [0.4, 0.5) is 0 Å². The standard InChI is InChI=1S/C23H28N2O5/c1-5-29-17-9-6-8-16(14-17)21(26)19-20(18-11-10-15(2)30-18)25(23(28)22(19)27)13-7-12-24(3)4/h6,8-11,14,20,26H,5,7,12-13H2,1-4H3. The van der Waals surface area contributed by atoms with E-state index in [1.54, 1.807) is 43.3 Å². The first-order valence-corrected chi connectivity index (χ1v) is 10.1. The van der Waals surface area contributed by atoms with Crippen molar-refractivity contribution >= 4 is 17.4 Å². The molecule has 160 valence electrons. The Morgan fingerprint density at radius 2 is 2.00 bits per heavy atom. The molecule has 1 unspecified atom stereocenters. The summed E-state index contributed by atoms with van der Waals surface area (Å²) in [4.78, 5) is 29.3. The van der Waals surface area contributed by atoms with Gasteiger partial charge < -0.3 is 24.1 Å². The first-order valence-electron chi connectivity index (χ1n) is 10.1. The maximum Gasteiger partial charge on any atom is 0.295 e. The summed E-state index contributed by atoms with van der Waals surface area (Å²) in [6, 6.07) is 9.60. The van der Waals surface area contributed by atoms with Gasteiger partial charge >= 0.3 is 0 Å². The zero-order valence-electron chi connectivity index (χ0n) is 17.8. The van der Waals surface area contributed by atoms with Crippen molar-refractivity contribution in [2.75, 3.05) is 33.8 Å². The van der Waals surface area contributed by atoms with E-state index < -0.39 is 17.7 Å². The fourth-order valence-corrected chi connectivity index (χ4v) is 3.62. The zero-order valence-corrected chi connectivity index (χ0v) is 17.8. The van der Waals surface area contributed by atoms with Crippen molar-refractivity contribution in [3.63, 3.8) is 0 Å². The van der Waals surface area contributed by atoms with E-state index in [0.29, 0.717) is 42.4 Å². The van der Waals surface area contributed by atoms with Gasteiger partial charge in [0.1, 0.15) is 29.1 Å². The molecule has 2 aromatic rings. The van der Waals surface area contributed by atoms with Crippen LogP contribution in [0.25, 0.3) is 5.76 Å². The highest BCUT2D eigenvalue weighted by Gasteiger charge is 2.47. The number of benzene rings is 1. The monoisotopic (exact) mass is 412 g/mol. The largest absolute Gasteiger partial charge is 0.507 e. The first-order chi connectivity index (χ1) is 14.3. The predicted octanol–water partition coefficient (Wildman–Crippen LogP) is 3.36. The van der Waals surface area contributed by atoms with Crippen molar-refractivity contribution in [1.29, 1.82) is 0 Å². The molecule has 0 spiro atoms. The number of amides is 1. The number of hydrogen-bond acceptors (Lipinski definition) is 6. The van der Waals surface area contributed by atoms with Crippen molar-refractivity contribution < 1.29 is 23.8 Å². The number of rotatable bonds is 8. The van der Waals surface area contributed by atoms with Gasteiger partial charge in [0.2, 0.25) is 0 Å². The number of carbonyl (C=O) groups is 2. The highest BCUT2D eigenvalue weighted by molar-refractivity contribution is 6.46. The van der Waals surface area contributed by atoms with Gasteiger partial charge in [0.05, 0.1) is 12.2 Å². The van der Waals surface area contributed by atoms with E-state index in [-0.39, 0.29) is 11.3 Å². The number of ether oxygens (including phenoxy) is 1. The summed E-state index contributed by atoms with van der Waals surface area (Å²) in [7, 11) is 3.90. The Hall–Kier alpha value is -3.06. The van der Waals surface area contributed by atoms with Crippen molar-refractivity contribution in [3.05, 3.63) is 59.1 Å². The Kier molecular flexibility index (Phi) is 6.62. The van der Waals surface area contributed by atoms with Crippen LogP contribution in [0.15, 0.2) is 46.4 Å². The second-order valence-electron chi connectivity index (χ2n) is 7.56. The quantitative estimate of drug-likeness (QED) is 0.407. The van der Waals surface area contributed by atoms with Crippen LogP contribution in [0.3, 0.4) is 0 Å². The summed E-state index contributed by atoms with van der Waals surface area (Å²) in [6.45, 7) is 5.29.